The smallest absolute Gasteiger partial charge is 0.338 e. The van der Waals surface area contributed by atoms with Crippen molar-refractivity contribution in [3.63, 3.8) is 0 Å². The summed E-state index contributed by atoms with van der Waals surface area (Å²) in [6.07, 6.45) is 2.09. The maximum atomic E-state index is 11.6. The number of esters is 1. The number of carbonyl (C=O) groups is 2. The van der Waals surface area contributed by atoms with Crippen molar-refractivity contribution in [2.24, 2.45) is 0 Å². The maximum absolute atomic E-state index is 11.6. The molecule has 0 atom stereocenters. The normalized spacial score (nSPS) is 10.1. The van der Waals surface area contributed by atoms with E-state index in [9.17, 15) is 9.59 Å². The van der Waals surface area contributed by atoms with Crippen molar-refractivity contribution in [1.29, 1.82) is 0 Å². The standard InChI is InChI=1S/C17H14N2O3S/c20-15(18-13-7-3-1-4-8-13)11-12-16(21)22-17(23)19-14-9-5-2-6-10-14/h1-12H,(H,18,20)(H,19,23). The zero-order valence-corrected chi connectivity index (χ0v) is 12.9. The van der Waals surface area contributed by atoms with Gasteiger partial charge in [0.1, 0.15) is 0 Å². The number of ether oxygens (including phenoxy) is 1. The molecule has 0 aliphatic heterocycles. The molecule has 116 valence electrons. The van der Waals surface area contributed by atoms with Crippen LogP contribution in [0.2, 0.25) is 0 Å². The van der Waals surface area contributed by atoms with E-state index >= 15 is 0 Å². The minimum Gasteiger partial charge on any atom is -0.396 e. The van der Waals surface area contributed by atoms with Crippen molar-refractivity contribution in [3.8, 4) is 0 Å². The second kappa shape index (κ2) is 8.45. The molecule has 23 heavy (non-hydrogen) atoms. The van der Waals surface area contributed by atoms with Gasteiger partial charge in [0.05, 0.1) is 0 Å². The van der Waals surface area contributed by atoms with Crippen LogP contribution < -0.4 is 10.6 Å². The summed E-state index contributed by atoms with van der Waals surface area (Å²) in [7, 11) is 0. The predicted octanol–water partition coefficient (Wildman–Crippen LogP) is 3.12. The minimum absolute atomic E-state index is 0.0886. The van der Waals surface area contributed by atoms with Crippen molar-refractivity contribution in [2.75, 3.05) is 10.6 Å². The van der Waals surface area contributed by atoms with Gasteiger partial charge in [0.2, 0.25) is 5.91 Å². The molecular formula is C17H14N2O3S. The Hall–Kier alpha value is -2.99. The SMILES string of the molecule is O=C(C=CC(=O)OC(=S)Nc1ccccc1)Nc1ccccc1. The number of hydrogen-bond acceptors (Lipinski definition) is 4. The van der Waals surface area contributed by atoms with Crippen molar-refractivity contribution >= 4 is 40.6 Å². The number of carbonyl (C=O) groups excluding carboxylic acids is 2. The number of nitrogens with one attached hydrogen (secondary N) is 2. The molecule has 0 bridgehead atoms. The van der Waals surface area contributed by atoms with E-state index in [1.807, 2.05) is 24.3 Å². The summed E-state index contributed by atoms with van der Waals surface area (Å²) in [6, 6.07) is 18.0. The van der Waals surface area contributed by atoms with Crippen LogP contribution in [0.3, 0.4) is 0 Å². The lowest BCUT2D eigenvalue weighted by Crippen LogP contribution is -2.17. The first-order chi connectivity index (χ1) is 11.1. The van der Waals surface area contributed by atoms with Crippen LogP contribution in [-0.4, -0.2) is 17.1 Å². The summed E-state index contributed by atoms with van der Waals surface area (Å²) in [5, 5.41) is 5.27. The Labute approximate surface area is 139 Å². The van der Waals surface area contributed by atoms with Gasteiger partial charge >= 0.3 is 5.97 Å². The van der Waals surface area contributed by atoms with Gasteiger partial charge in [-0.05, 0) is 36.5 Å². The Balaban J connectivity index is 1.79. The van der Waals surface area contributed by atoms with Crippen molar-refractivity contribution in [3.05, 3.63) is 72.8 Å². The van der Waals surface area contributed by atoms with E-state index in [2.05, 4.69) is 10.6 Å². The summed E-state index contributed by atoms with van der Waals surface area (Å²) in [5.41, 5.74) is 1.34. The molecule has 0 aliphatic rings. The molecule has 2 aromatic rings. The predicted molar refractivity (Wildman–Crippen MR) is 93.0 cm³/mol. The average Bonchev–Trinajstić information content (AvgIpc) is 2.55. The molecule has 2 rings (SSSR count). The molecule has 0 fully saturated rings. The quantitative estimate of drug-likeness (QED) is 0.513. The Bertz CT molecular complexity index is 715. The number of para-hydroxylation sites is 2. The first-order valence-electron chi connectivity index (χ1n) is 6.75. The van der Waals surface area contributed by atoms with E-state index in [-0.39, 0.29) is 5.17 Å². The van der Waals surface area contributed by atoms with Crippen molar-refractivity contribution in [2.45, 2.75) is 0 Å². The molecule has 0 saturated carbocycles. The van der Waals surface area contributed by atoms with Crippen LogP contribution in [-0.2, 0) is 14.3 Å². The zero-order valence-electron chi connectivity index (χ0n) is 12.1. The largest absolute Gasteiger partial charge is 0.396 e. The summed E-state index contributed by atoms with van der Waals surface area (Å²) in [5.74, 6) is -1.17. The molecule has 5 nitrogen and oxygen atoms in total. The van der Waals surface area contributed by atoms with E-state index in [0.717, 1.165) is 12.2 Å². The first kappa shape index (κ1) is 16.4. The van der Waals surface area contributed by atoms with Gasteiger partial charge in [-0.1, -0.05) is 36.4 Å². The Kier molecular flexibility index (Phi) is 6.02. The minimum atomic E-state index is -0.735. The van der Waals surface area contributed by atoms with Crippen LogP contribution in [0.1, 0.15) is 0 Å². The van der Waals surface area contributed by atoms with E-state index in [4.69, 9.17) is 17.0 Å². The molecule has 0 unspecified atom stereocenters. The van der Waals surface area contributed by atoms with Gasteiger partial charge in [-0.25, -0.2) is 4.79 Å². The lowest BCUT2D eigenvalue weighted by atomic mass is 10.3. The Morgan fingerprint density at radius 2 is 1.35 bits per heavy atom. The molecule has 1 amide bonds. The highest BCUT2D eigenvalue weighted by Crippen LogP contribution is 2.06. The molecule has 0 spiro atoms. The van der Waals surface area contributed by atoms with E-state index in [1.165, 1.54) is 0 Å². The van der Waals surface area contributed by atoms with Gasteiger partial charge in [-0.2, -0.15) is 0 Å². The summed E-state index contributed by atoms with van der Waals surface area (Å²) < 4.78 is 4.87. The van der Waals surface area contributed by atoms with Gasteiger partial charge < -0.3 is 15.4 Å². The molecule has 0 aliphatic carbocycles. The fraction of sp³-hybridized carbons (Fsp3) is 0. The molecule has 0 aromatic heterocycles. The number of hydrogen-bond donors (Lipinski definition) is 2. The molecule has 2 N–H and O–H groups in total. The monoisotopic (exact) mass is 326 g/mol. The van der Waals surface area contributed by atoms with E-state index in [1.54, 1.807) is 36.4 Å². The summed E-state index contributed by atoms with van der Waals surface area (Å²) in [4.78, 5) is 23.2. The topological polar surface area (TPSA) is 67.4 Å². The number of amides is 1. The highest BCUT2D eigenvalue weighted by Gasteiger charge is 2.05. The third-order valence-electron chi connectivity index (χ3n) is 2.63. The molecular weight excluding hydrogens is 312 g/mol. The Morgan fingerprint density at radius 3 is 1.91 bits per heavy atom. The van der Waals surface area contributed by atoms with Crippen LogP contribution in [0.5, 0.6) is 0 Å². The second-order valence-corrected chi connectivity index (χ2v) is 4.76. The fourth-order valence-corrected chi connectivity index (χ4v) is 1.84. The number of thiocarbonyl (C=S) groups is 1. The van der Waals surface area contributed by atoms with Crippen molar-refractivity contribution in [1.82, 2.24) is 0 Å². The van der Waals surface area contributed by atoms with E-state index < -0.39 is 11.9 Å². The lowest BCUT2D eigenvalue weighted by Gasteiger charge is -2.06. The second-order valence-electron chi connectivity index (χ2n) is 4.39. The van der Waals surface area contributed by atoms with Gasteiger partial charge in [0, 0.05) is 23.5 Å². The molecule has 6 heteroatoms. The Morgan fingerprint density at radius 1 is 0.826 bits per heavy atom. The number of benzene rings is 2. The van der Waals surface area contributed by atoms with Crippen LogP contribution in [0.4, 0.5) is 11.4 Å². The third kappa shape index (κ3) is 6.11. The highest BCUT2D eigenvalue weighted by atomic mass is 32.1. The maximum Gasteiger partial charge on any atom is 0.338 e. The van der Waals surface area contributed by atoms with Crippen LogP contribution >= 0.6 is 12.2 Å². The summed E-state index contributed by atoms with van der Waals surface area (Å²) >= 11 is 4.91. The lowest BCUT2D eigenvalue weighted by molar-refractivity contribution is -0.130. The fourth-order valence-electron chi connectivity index (χ4n) is 1.64. The number of anilines is 2. The molecule has 0 saturated heterocycles. The summed E-state index contributed by atoms with van der Waals surface area (Å²) in [6.45, 7) is 0. The van der Waals surface area contributed by atoms with Crippen molar-refractivity contribution < 1.29 is 14.3 Å². The van der Waals surface area contributed by atoms with Crippen LogP contribution in [0.15, 0.2) is 72.8 Å². The van der Waals surface area contributed by atoms with Gasteiger partial charge in [-0.3, -0.25) is 4.79 Å². The third-order valence-corrected chi connectivity index (χ3v) is 2.81. The molecule has 0 radical (unpaired) electrons. The van der Waals surface area contributed by atoms with Gasteiger partial charge in [0.15, 0.2) is 0 Å². The van der Waals surface area contributed by atoms with Crippen LogP contribution in [0.25, 0.3) is 0 Å². The van der Waals surface area contributed by atoms with Gasteiger partial charge in [0.25, 0.3) is 5.17 Å². The van der Waals surface area contributed by atoms with Gasteiger partial charge in [-0.15, -0.1) is 0 Å². The highest BCUT2D eigenvalue weighted by molar-refractivity contribution is 7.80. The molecule has 2 aromatic carbocycles. The van der Waals surface area contributed by atoms with Crippen LogP contribution in [0, 0.1) is 0 Å². The molecule has 0 heterocycles. The van der Waals surface area contributed by atoms with E-state index in [0.29, 0.717) is 11.4 Å². The average molecular weight is 326 g/mol. The first-order valence-corrected chi connectivity index (χ1v) is 7.16. The zero-order chi connectivity index (χ0) is 16.5. The number of rotatable bonds is 4.